The molecule has 0 radical (unpaired) electrons. The molecular formula is C29H58N2O6P+. The first-order valence-corrected chi connectivity index (χ1v) is 16.2. The molecular weight excluding hydrogens is 503 g/mol. The van der Waals surface area contributed by atoms with Gasteiger partial charge in [0.05, 0.1) is 39.9 Å². The zero-order valence-electron chi connectivity index (χ0n) is 24.9. The zero-order valence-corrected chi connectivity index (χ0v) is 25.8. The maximum Gasteiger partial charge on any atom is 0.472 e. The Morgan fingerprint density at radius 2 is 1.45 bits per heavy atom. The highest BCUT2D eigenvalue weighted by atomic mass is 31.2. The minimum absolute atomic E-state index is 0.0565. The second-order valence-corrected chi connectivity index (χ2v) is 12.6. The van der Waals surface area contributed by atoms with Crippen molar-refractivity contribution in [2.24, 2.45) is 0 Å². The van der Waals surface area contributed by atoms with Gasteiger partial charge in [-0.05, 0) is 25.7 Å². The van der Waals surface area contributed by atoms with Crippen LogP contribution >= 0.6 is 7.82 Å². The van der Waals surface area contributed by atoms with Crippen molar-refractivity contribution in [1.82, 2.24) is 5.32 Å². The molecule has 0 aliphatic heterocycles. The van der Waals surface area contributed by atoms with Crippen LogP contribution in [-0.2, 0) is 18.4 Å². The van der Waals surface area contributed by atoms with Gasteiger partial charge in [-0.15, -0.1) is 0 Å². The Labute approximate surface area is 233 Å². The van der Waals surface area contributed by atoms with E-state index in [9.17, 15) is 19.4 Å². The van der Waals surface area contributed by atoms with Crippen LogP contribution in [0.2, 0.25) is 0 Å². The number of allylic oxidation sites excluding steroid dienone is 3. The predicted octanol–water partition coefficient (Wildman–Crippen LogP) is 6.29. The average Bonchev–Trinajstić information content (AvgIpc) is 2.84. The summed E-state index contributed by atoms with van der Waals surface area (Å²) >= 11 is 0. The summed E-state index contributed by atoms with van der Waals surface area (Å²) in [5.74, 6) is -0.199. The van der Waals surface area contributed by atoms with Gasteiger partial charge in [-0.2, -0.15) is 0 Å². The highest BCUT2D eigenvalue weighted by Crippen LogP contribution is 2.43. The van der Waals surface area contributed by atoms with E-state index in [0.29, 0.717) is 17.4 Å². The molecule has 0 aromatic heterocycles. The second kappa shape index (κ2) is 22.8. The molecule has 0 aliphatic rings. The molecule has 0 heterocycles. The van der Waals surface area contributed by atoms with Gasteiger partial charge in [-0.25, -0.2) is 4.57 Å². The zero-order chi connectivity index (χ0) is 28.7. The first-order chi connectivity index (χ1) is 18.0. The quantitative estimate of drug-likeness (QED) is 0.0524. The largest absolute Gasteiger partial charge is 0.472 e. The topological polar surface area (TPSA) is 105 Å². The third-order valence-electron chi connectivity index (χ3n) is 6.17. The number of aliphatic hydroxyl groups excluding tert-OH is 1. The van der Waals surface area contributed by atoms with Gasteiger partial charge in [0.2, 0.25) is 5.91 Å². The van der Waals surface area contributed by atoms with Crippen LogP contribution in [0.4, 0.5) is 0 Å². The lowest BCUT2D eigenvalue weighted by atomic mass is 10.1. The Bertz CT molecular complexity index is 693. The number of quaternary nitrogens is 1. The summed E-state index contributed by atoms with van der Waals surface area (Å²) in [5.41, 5.74) is 0. The molecule has 3 atom stereocenters. The Hall–Kier alpha value is -1.02. The molecule has 0 saturated heterocycles. The maximum absolute atomic E-state index is 12.6. The second-order valence-electron chi connectivity index (χ2n) is 11.1. The molecule has 0 aromatic rings. The Kier molecular flexibility index (Phi) is 22.1. The first kappa shape index (κ1) is 37.0. The molecule has 3 unspecified atom stereocenters. The minimum atomic E-state index is -4.31. The predicted molar refractivity (Wildman–Crippen MR) is 157 cm³/mol. The lowest BCUT2D eigenvalue weighted by Gasteiger charge is -2.25. The lowest BCUT2D eigenvalue weighted by molar-refractivity contribution is -0.870. The molecule has 1 amide bonds. The van der Waals surface area contributed by atoms with Gasteiger partial charge >= 0.3 is 7.82 Å². The highest BCUT2D eigenvalue weighted by molar-refractivity contribution is 7.47. The van der Waals surface area contributed by atoms with Crippen molar-refractivity contribution in [2.75, 3.05) is 40.9 Å². The van der Waals surface area contributed by atoms with E-state index in [1.54, 1.807) is 6.08 Å². The van der Waals surface area contributed by atoms with E-state index in [1.807, 2.05) is 27.2 Å². The van der Waals surface area contributed by atoms with E-state index in [-0.39, 0.29) is 19.1 Å². The summed E-state index contributed by atoms with van der Waals surface area (Å²) in [5, 5.41) is 13.5. The van der Waals surface area contributed by atoms with Gasteiger partial charge in [-0.1, -0.05) is 95.9 Å². The Balaban J connectivity index is 4.76. The number of unbranched alkanes of at least 4 members (excludes halogenated alkanes) is 10. The smallest absolute Gasteiger partial charge is 0.387 e. The van der Waals surface area contributed by atoms with Gasteiger partial charge in [0.25, 0.3) is 0 Å². The number of aliphatic hydroxyl groups is 1. The fourth-order valence-electron chi connectivity index (χ4n) is 3.69. The minimum Gasteiger partial charge on any atom is -0.387 e. The van der Waals surface area contributed by atoms with Gasteiger partial charge in [0, 0.05) is 6.42 Å². The molecule has 0 aliphatic carbocycles. The van der Waals surface area contributed by atoms with E-state index in [0.717, 1.165) is 38.5 Å². The monoisotopic (exact) mass is 561 g/mol. The van der Waals surface area contributed by atoms with E-state index >= 15 is 0 Å². The molecule has 8 nitrogen and oxygen atoms in total. The highest BCUT2D eigenvalue weighted by Gasteiger charge is 2.27. The van der Waals surface area contributed by atoms with Crippen molar-refractivity contribution in [3.63, 3.8) is 0 Å². The van der Waals surface area contributed by atoms with E-state index < -0.39 is 20.0 Å². The summed E-state index contributed by atoms with van der Waals surface area (Å²) in [6.07, 6.45) is 21.2. The number of rotatable bonds is 25. The van der Waals surface area contributed by atoms with Crippen molar-refractivity contribution >= 4 is 13.7 Å². The fraction of sp³-hybridized carbons (Fsp3) is 0.828. The van der Waals surface area contributed by atoms with Crippen LogP contribution in [0.15, 0.2) is 24.3 Å². The summed E-state index contributed by atoms with van der Waals surface area (Å²) in [6.45, 7) is 4.63. The van der Waals surface area contributed by atoms with Crippen LogP contribution in [0, 0.1) is 0 Å². The number of nitrogens with zero attached hydrogens (tertiary/aromatic N) is 1. The summed E-state index contributed by atoms with van der Waals surface area (Å²) in [4.78, 5) is 22.6. The molecule has 9 heteroatoms. The first-order valence-electron chi connectivity index (χ1n) is 14.7. The SMILES string of the molecule is CCCC/C=C/CC/C=C/C(O)C(COP(=O)(O)OCC[N+](C)(C)C)NC(=O)CCCCCCCCCC. The number of hydrogen-bond donors (Lipinski definition) is 3. The summed E-state index contributed by atoms with van der Waals surface area (Å²) in [6, 6.07) is -0.852. The van der Waals surface area contributed by atoms with Crippen molar-refractivity contribution in [3.05, 3.63) is 24.3 Å². The number of carbonyl (C=O) groups is 1. The van der Waals surface area contributed by atoms with Crippen molar-refractivity contribution < 1.29 is 32.9 Å². The summed E-state index contributed by atoms with van der Waals surface area (Å²) in [7, 11) is 1.54. The van der Waals surface area contributed by atoms with E-state index in [4.69, 9.17) is 9.05 Å². The van der Waals surface area contributed by atoms with Crippen LogP contribution in [0.5, 0.6) is 0 Å². The van der Waals surface area contributed by atoms with Crippen LogP contribution in [0.1, 0.15) is 104 Å². The molecule has 0 spiro atoms. The Morgan fingerprint density at radius 3 is 2.08 bits per heavy atom. The summed E-state index contributed by atoms with van der Waals surface area (Å²) < 4.78 is 23.2. The van der Waals surface area contributed by atoms with E-state index in [1.165, 1.54) is 44.9 Å². The Morgan fingerprint density at radius 1 is 0.868 bits per heavy atom. The van der Waals surface area contributed by atoms with Crippen molar-refractivity contribution in [3.8, 4) is 0 Å². The standard InChI is InChI=1S/C29H57N2O6P/c1-6-8-10-12-14-16-18-20-22-28(32)27(26-37-38(34,35)36-25-24-31(3,4)5)30-29(33)23-21-19-17-15-13-11-9-7-2/h12,14,20,22,27-28,32H,6-11,13,15-19,21,23-26H2,1-5H3,(H-,30,33,34,35)/p+1/b14-12+,22-20+. The van der Waals surface area contributed by atoms with Crippen LogP contribution in [0.25, 0.3) is 0 Å². The fourth-order valence-corrected chi connectivity index (χ4v) is 4.42. The third-order valence-corrected chi connectivity index (χ3v) is 7.16. The number of likely N-dealkylation sites (N-methyl/N-ethyl adjacent to an activating group) is 1. The number of phosphoric acid groups is 1. The number of amides is 1. The van der Waals surface area contributed by atoms with Crippen LogP contribution in [0.3, 0.4) is 0 Å². The number of nitrogens with one attached hydrogen (secondary N) is 1. The molecule has 224 valence electrons. The maximum atomic E-state index is 12.6. The van der Waals surface area contributed by atoms with E-state index in [2.05, 4.69) is 31.3 Å². The average molecular weight is 562 g/mol. The molecule has 38 heavy (non-hydrogen) atoms. The van der Waals surface area contributed by atoms with Gasteiger partial charge < -0.3 is 19.8 Å². The molecule has 3 N–H and O–H groups in total. The number of phosphoric ester groups is 1. The molecule has 0 fully saturated rings. The molecule has 0 saturated carbocycles. The van der Waals surface area contributed by atoms with Crippen molar-refractivity contribution in [1.29, 1.82) is 0 Å². The number of hydrogen-bond acceptors (Lipinski definition) is 5. The molecule has 0 aromatic carbocycles. The van der Waals surface area contributed by atoms with Crippen LogP contribution in [-0.4, -0.2) is 73.4 Å². The van der Waals surface area contributed by atoms with Gasteiger partial charge in [0.15, 0.2) is 0 Å². The van der Waals surface area contributed by atoms with Gasteiger partial charge in [-0.3, -0.25) is 13.8 Å². The molecule has 0 bridgehead atoms. The van der Waals surface area contributed by atoms with Crippen LogP contribution < -0.4 is 5.32 Å². The number of carbonyl (C=O) groups excluding carboxylic acids is 1. The van der Waals surface area contributed by atoms with Crippen molar-refractivity contribution in [2.45, 2.75) is 116 Å². The van der Waals surface area contributed by atoms with Gasteiger partial charge in [0.1, 0.15) is 13.2 Å². The lowest BCUT2D eigenvalue weighted by Crippen LogP contribution is -2.45. The normalized spacial score (nSPS) is 15.7. The third kappa shape index (κ3) is 24.1. The molecule has 0 rings (SSSR count).